The van der Waals surface area contributed by atoms with E-state index in [1.54, 1.807) is 0 Å². The van der Waals surface area contributed by atoms with Gasteiger partial charge in [-0.05, 0) is 51.3 Å². The van der Waals surface area contributed by atoms with Gasteiger partial charge in [0.2, 0.25) is 11.8 Å². The van der Waals surface area contributed by atoms with Gasteiger partial charge in [-0.25, -0.2) is 0 Å². The molecule has 6 heteroatoms. The van der Waals surface area contributed by atoms with E-state index in [2.05, 4.69) is 17.0 Å². The number of allylic oxidation sites excluding steroid dienone is 1. The molecule has 3 saturated heterocycles. The van der Waals surface area contributed by atoms with Gasteiger partial charge in [0.1, 0.15) is 6.04 Å². The minimum atomic E-state index is -0.732. The molecule has 0 spiro atoms. The number of hydrogen-bond acceptors (Lipinski definition) is 5. The van der Waals surface area contributed by atoms with Crippen molar-refractivity contribution in [1.82, 2.24) is 4.90 Å². The molecule has 4 aliphatic rings. The Labute approximate surface area is 205 Å². The summed E-state index contributed by atoms with van der Waals surface area (Å²) >= 11 is 0. The first-order chi connectivity index (χ1) is 16.8. The highest BCUT2D eigenvalue weighted by Gasteiger charge is 2.64. The van der Waals surface area contributed by atoms with Gasteiger partial charge >= 0.3 is 0 Å². The third-order valence-electron chi connectivity index (χ3n) is 8.11. The molecule has 0 unspecified atom stereocenters. The van der Waals surface area contributed by atoms with Crippen molar-refractivity contribution in [3.05, 3.63) is 70.8 Å². The second-order valence-corrected chi connectivity index (χ2v) is 10.4. The van der Waals surface area contributed by atoms with Crippen LogP contribution in [0.4, 0.5) is 5.69 Å². The van der Waals surface area contributed by atoms with Crippen molar-refractivity contribution in [2.45, 2.75) is 51.8 Å². The highest BCUT2D eigenvalue weighted by atomic mass is 16.5. The van der Waals surface area contributed by atoms with Crippen LogP contribution >= 0.6 is 0 Å². The highest BCUT2D eigenvalue weighted by Crippen LogP contribution is 2.50. The number of ketones is 1. The molecule has 0 N–H and O–H groups in total. The summed E-state index contributed by atoms with van der Waals surface area (Å²) in [5.74, 6) is -1.81. The summed E-state index contributed by atoms with van der Waals surface area (Å²) in [6, 6.07) is 12.6. The molecule has 180 valence electrons. The van der Waals surface area contributed by atoms with Crippen LogP contribution in [-0.4, -0.2) is 53.8 Å². The predicted octanol–water partition coefficient (Wildman–Crippen LogP) is 3.94. The van der Waals surface area contributed by atoms with Crippen LogP contribution < -0.4 is 4.90 Å². The van der Waals surface area contributed by atoms with Crippen LogP contribution in [0.15, 0.2) is 48.5 Å². The van der Waals surface area contributed by atoms with E-state index in [9.17, 15) is 14.4 Å². The van der Waals surface area contributed by atoms with Crippen LogP contribution in [0.2, 0.25) is 0 Å². The first kappa shape index (κ1) is 22.2. The molecule has 4 aliphatic heterocycles. The third-order valence-corrected chi connectivity index (χ3v) is 8.11. The summed E-state index contributed by atoms with van der Waals surface area (Å²) in [6.45, 7) is 7.02. The average molecular weight is 471 g/mol. The number of aryl methyl sites for hydroxylation is 2. The summed E-state index contributed by atoms with van der Waals surface area (Å²) in [5.41, 5.74) is 5.81. The van der Waals surface area contributed by atoms with Gasteiger partial charge in [-0.2, -0.15) is 0 Å². The Hall–Kier alpha value is -3.25. The van der Waals surface area contributed by atoms with Crippen LogP contribution in [-0.2, 0) is 14.3 Å². The number of fused-ring (bicyclic) bond motifs is 5. The van der Waals surface area contributed by atoms with E-state index in [1.165, 1.54) is 4.90 Å². The van der Waals surface area contributed by atoms with Crippen molar-refractivity contribution < 1.29 is 19.1 Å². The van der Waals surface area contributed by atoms with Gasteiger partial charge in [-0.15, -0.1) is 0 Å². The lowest BCUT2D eigenvalue weighted by Crippen LogP contribution is -2.50. The maximum Gasteiger partial charge on any atom is 0.235 e. The van der Waals surface area contributed by atoms with Crippen LogP contribution in [0.5, 0.6) is 0 Å². The van der Waals surface area contributed by atoms with Crippen molar-refractivity contribution in [2.24, 2.45) is 11.8 Å². The Morgan fingerprint density at radius 1 is 0.971 bits per heavy atom. The standard InChI is InChI=1S/C29H30N2O4/c1-16-6-9-19(10-7-16)27(32)26-25-24(28(33)30(29(25)34)15-20-5-4-12-35-20)23-14-18(3)21-13-17(2)8-11-22(21)31(23)26/h6-11,13-14,20,23-26H,4-5,12,15H2,1-3H3/t20-,23+,24-,25+,26-/m0/s1. The van der Waals surface area contributed by atoms with E-state index in [0.29, 0.717) is 12.2 Å². The quantitative estimate of drug-likeness (QED) is 0.500. The Kier molecular flexibility index (Phi) is 5.18. The zero-order chi connectivity index (χ0) is 24.4. The first-order valence-corrected chi connectivity index (χ1v) is 12.5. The summed E-state index contributed by atoms with van der Waals surface area (Å²) in [7, 11) is 0. The Morgan fingerprint density at radius 2 is 1.69 bits per heavy atom. The lowest BCUT2D eigenvalue weighted by atomic mass is 9.85. The van der Waals surface area contributed by atoms with Crippen LogP contribution in [0.25, 0.3) is 5.57 Å². The molecule has 5 atom stereocenters. The molecule has 0 saturated carbocycles. The fourth-order valence-corrected chi connectivity index (χ4v) is 6.38. The number of anilines is 1. The molecule has 2 aromatic carbocycles. The van der Waals surface area contributed by atoms with E-state index in [0.717, 1.165) is 40.8 Å². The van der Waals surface area contributed by atoms with Crippen molar-refractivity contribution in [3.63, 3.8) is 0 Å². The van der Waals surface area contributed by atoms with Gasteiger partial charge in [0.05, 0.1) is 30.5 Å². The van der Waals surface area contributed by atoms with E-state index < -0.39 is 17.9 Å². The van der Waals surface area contributed by atoms with Crippen LogP contribution in [0, 0.1) is 25.7 Å². The molecule has 2 aromatic rings. The van der Waals surface area contributed by atoms with Crippen molar-refractivity contribution in [3.8, 4) is 0 Å². The maximum atomic E-state index is 14.0. The SMILES string of the molecule is CC1=C[C@@H]2[C@@H]3C(=O)N(C[C@@H]4CCCO4)C(=O)[C@H]3[C@@H](C(=O)c3ccc(C)cc3)N2c2ccc(C)cc21. The van der Waals surface area contributed by atoms with E-state index in [1.807, 2.05) is 57.2 Å². The maximum absolute atomic E-state index is 14.0. The molecule has 0 aliphatic carbocycles. The largest absolute Gasteiger partial charge is 0.376 e. The van der Waals surface area contributed by atoms with Gasteiger partial charge < -0.3 is 9.64 Å². The molecule has 2 amide bonds. The molecule has 0 aromatic heterocycles. The third kappa shape index (κ3) is 3.38. The number of imide groups is 1. The number of hydrogen-bond donors (Lipinski definition) is 0. The zero-order valence-electron chi connectivity index (χ0n) is 20.4. The molecule has 35 heavy (non-hydrogen) atoms. The minimum absolute atomic E-state index is 0.109. The lowest BCUT2D eigenvalue weighted by molar-refractivity contribution is -0.142. The summed E-state index contributed by atoms with van der Waals surface area (Å²) in [5, 5.41) is 0. The van der Waals surface area contributed by atoms with Crippen molar-refractivity contribution >= 4 is 28.9 Å². The van der Waals surface area contributed by atoms with Crippen LogP contribution in [0.1, 0.15) is 46.8 Å². The van der Waals surface area contributed by atoms with Crippen LogP contribution in [0.3, 0.4) is 0 Å². The molecule has 6 nitrogen and oxygen atoms in total. The van der Waals surface area contributed by atoms with Crippen molar-refractivity contribution in [1.29, 1.82) is 0 Å². The second-order valence-electron chi connectivity index (χ2n) is 10.4. The highest BCUT2D eigenvalue weighted by molar-refractivity contribution is 6.14. The number of carbonyl (C=O) groups excluding carboxylic acids is 3. The predicted molar refractivity (Wildman–Crippen MR) is 133 cm³/mol. The molecule has 0 radical (unpaired) electrons. The summed E-state index contributed by atoms with van der Waals surface area (Å²) in [6.07, 6.45) is 3.76. The molecule has 3 fully saturated rings. The number of nitrogens with zero attached hydrogens (tertiary/aromatic N) is 2. The van der Waals surface area contributed by atoms with Crippen molar-refractivity contribution in [2.75, 3.05) is 18.1 Å². The number of benzene rings is 2. The van der Waals surface area contributed by atoms with E-state index >= 15 is 0 Å². The number of rotatable bonds is 4. The van der Waals surface area contributed by atoms with E-state index in [-0.39, 0.29) is 36.3 Å². The van der Waals surface area contributed by atoms with E-state index in [4.69, 9.17) is 4.74 Å². The fourth-order valence-electron chi connectivity index (χ4n) is 6.38. The molecule has 4 heterocycles. The fraction of sp³-hybridized carbons (Fsp3) is 0.414. The van der Waals surface area contributed by atoms with Gasteiger partial charge in [0, 0.05) is 23.4 Å². The molecular weight excluding hydrogens is 440 g/mol. The average Bonchev–Trinajstić information content (AvgIpc) is 3.53. The number of carbonyl (C=O) groups is 3. The van der Waals surface area contributed by atoms with Gasteiger partial charge in [-0.1, -0.05) is 47.5 Å². The minimum Gasteiger partial charge on any atom is -0.376 e. The zero-order valence-corrected chi connectivity index (χ0v) is 20.4. The molecule has 0 bridgehead atoms. The number of likely N-dealkylation sites (tertiary alicyclic amines) is 1. The molecule has 6 rings (SSSR count). The summed E-state index contributed by atoms with van der Waals surface area (Å²) in [4.78, 5) is 45.1. The smallest absolute Gasteiger partial charge is 0.235 e. The summed E-state index contributed by atoms with van der Waals surface area (Å²) < 4.78 is 5.73. The lowest BCUT2D eigenvalue weighted by Gasteiger charge is -2.38. The van der Waals surface area contributed by atoms with Gasteiger partial charge in [-0.3, -0.25) is 19.3 Å². The van der Waals surface area contributed by atoms with Gasteiger partial charge in [0.15, 0.2) is 5.78 Å². The number of Topliss-reactive ketones (excluding diaryl/α,β-unsaturated/α-hetero) is 1. The first-order valence-electron chi connectivity index (χ1n) is 12.5. The molecular formula is C29H30N2O4. The topological polar surface area (TPSA) is 66.9 Å². The monoisotopic (exact) mass is 470 g/mol. The Bertz CT molecular complexity index is 1260. The van der Waals surface area contributed by atoms with Gasteiger partial charge in [0.25, 0.3) is 0 Å². The Morgan fingerprint density at radius 3 is 2.40 bits per heavy atom. The Balaban J connectivity index is 1.46. The number of amides is 2. The number of ether oxygens (including phenoxy) is 1. The second kappa shape index (κ2) is 8.16. The normalized spacial score (nSPS) is 29.2.